The van der Waals surface area contributed by atoms with Crippen LogP contribution in [0.15, 0.2) is 109 Å². The molecule has 0 bridgehead atoms. The predicted molar refractivity (Wildman–Crippen MR) is 153 cm³/mol. The largest absolute Gasteiger partial charge is 0.490 e. The second-order valence-corrected chi connectivity index (χ2v) is 8.55. The lowest BCUT2D eigenvalue weighted by molar-refractivity contribution is -0.123. The van der Waals surface area contributed by atoms with Crippen molar-refractivity contribution < 1.29 is 23.8 Å². The van der Waals surface area contributed by atoms with Crippen LogP contribution in [0, 0.1) is 0 Å². The van der Waals surface area contributed by atoms with Gasteiger partial charge in [0.25, 0.3) is 11.8 Å². The van der Waals surface area contributed by atoms with Crippen molar-refractivity contribution in [2.24, 2.45) is 0 Å². The molecule has 4 aromatic rings. The molecule has 39 heavy (non-hydrogen) atoms. The molecule has 0 aromatic heterocycles. The molecule has 4 rings (SSSR count). The van der Waals surface area contributed by atoms with Crippen molar-refractivity contribution in [3.05, 3.63) is 115 Å². The van der Waals surface area contributed by atoms with E-state index in [9.17, 15) is 9.59 Å². The van der Waals surface area contributed by atoms with Gasteiger partial charge in [0.15, 0.2) is 11.7 Å². The molecule has 8 nitrogen and oxygen atoms in total. The highest BCUT2D eigenvalue weighted by atomic mass is 32.1. The van der Waals surface area contributed by atoms with Crippen molar-refractivity contribution in [3.8, 4) is 28.4 Å². The van der Waals surface area contributed by atoms with Crippen LogP contribution in [0.4, 0.5) is 0 Å². The minimum absolute atomic E-state index is 0.0589. The maximum absolute atomic E-state index is 12.5. The Balaban J connectivity index is 1.16. The molecule has 4 aromatic carbocycles. The normalized spacial score (nSPS) is 10.2. The third-order valence-corrected chi connectivity index (χ3v) is 5.56. The van der Waals surface area contributed by atoms with E-state index >= 15 is 0 Å². The molecule has 0 saturated carbocycles. The molecule has 0 heterocycles. The van der Waals surface area contributed by atoms with Crippen molar-refractivity contribution in [1.82, 2.24) is 16.2 Å². The van der Waals surface area contributed by atoms with Crippen LogP contribution in [-0.4, -0.2) is 36.7 Å². The highest BCUT2D eigenvalue weighted by Gasteiger charge is 2.11. The van der Waals surface area contributed by atoms with E-state index in [1.54, 1.807) is 30.3 Å². The Bertz CT molecular complexity index is 1380. The summed E-state index contributed by atoms with van der Waals surface area (Å²) in [5.41, 5.74) is 7.15. The molecule has 0 saturated heterocycles. The maximum Gasteiger partial charge on any atom is 0.276 e. The predicted octanol–water partition coefficient (Wildman–Crippen LogP) is 4.53. The monoisotopic (exact) mass is 541 g/mol. The van der Waals surface area contributed by atoms with E-state index in [1.807, 2.05) is 78.9 Å². The third-order valence-electron chi connectivity index (χ3n) is 5.35. The molecule has 0 fully saturated rings. The zero-order chi connectivity index (χ0) is 27.3. The van der Waals surface area contributed by atoms with Crippen molar-refractivity contribution in [3.63, 3.8) is 0 Å². The lowest BCUT2D eigenvalue weighted by Gasteiger charge is -2.13. The molecular weight excluding hydrogens is 514 g/mol. The van der Waals surface area contributed by atoms with Crippen LogP contribution in [-0.2, 0) is 4.79 Å². The van der Waals surface area contributed by atoms with Gasteiger partial charge in [-0.15, -0.1) is 0 Å². The summed E-state index contributed by atoms with van der Waals surface area (Å²) in [5.74, 6) is 1.05. The van der Waals surface area contributed by atoms with E-state index in [0.717, 1.165) is 16.9 Å². The van der Waals surface area contributed by atoms with Gasteiger partial charge < -0.3 is 14.2 Å². The Morgan fingerprint density at radius 2 is 1.23 bits per heavy atom. The van der Waals surface area contributed by atoms with Gasteiger partial charge in [-0.3, -0.25) is 25.8 Å². The van der Waals surface area contributed by atoms with Crippen LogP contribution in [0.3, 0.4) is 0 Å². The number of para-hydroxylation sites is 2. The average Bonchev–Trinajstić information content (AvgIpc) is 2.98. The van der Waals surface area contributed by atoms with Gasteiger partial charge in [0.05, 0.1) is 0 Å². The minimum Gasteiger partial charge on any atom is -0.490 e. The fourth-order valence-electron chi connectivity index (χ4n) is 3.50. The first kappa shape index (κ1) is 27.2. The molecule has 0 aliphatic rings. The standard InChI is InChI=1S/C30H27N3O5S/c34-28(21-38-27-14-8-7-13-26(27)22-9-3-1-4-10-22)32-33-30(39)31-29(35)23-15-17-25(18-16-23)37-20-19-36-24-11-5-2-6-12-24/h1-18H,19-21H2,(H,32,34)(H2,31,33,35,39). The number of carbonyl (C=O) groups is 2. The Morgan fingerprint density at radius 3 is 1.92 bits per heavy atom. The van der Waals surface area contributed by atoms with Crippen molar-refractivity contribution in [1.29, 1.82) is 0 Å². The summed E-state index contributed by atoms with van der Waals surface area (Å²) in [4.78, 5) is 24.7. The van der Waals surface area contributed by atoms with E-state index < -0.39 is 11.8 Å². The Morgan fingerprint density at radius 1 is 0.641 bits per heavy atom. The number of rotatable bonds is 10. The fraction of sp³-hybridized carbons (Fsp3) is 0.100. The van der Waals surface area contributed by atoms with Gasteiger partial charge in [0.2, 0.25) is 0 Å². The van der Waals surface area contributed by atoms with Crippen molar-refractivity contribution in [2.75, 3.05) is 19.8 Å². The number of hydrogen-bond acceptors (Lipinski definition) is 6. The number of hydrazine groups is 1. The lowest BCUT2D eigenvalue weighted by atomic mass is 10.1. The topological polar surface area (TPSA) is 97.9 Å². The van der Waals surface area contributed by atoms with E-state index in [1.165, 1.54) is 0 Å². The second kappa shape index (κ2) is 14.2. The van der Waals surface area contributed by atoms with E-state index in [4.69, 9.17) is 26.4 Å². The summed E-state index contributed by atoms with van der Waals surface area (Å²) in [5, 5.41) is 2.45. The minimum atomic E-state index is -0.466. The Hall–Kier alpha value is -4.89. The first-order chi connectivity index (χ1) is 19.1. The van der Waals surface area contributed by atoms with Crippen LogP contribution < -0.4 is 30.4 Å². The molecule has 0 aliphatic heterocycles. The zero-order valence-electron chi connectivity index (χ0n) is 21.0. The molecular formula is C30H27N3O5S. The molecule has 2 amide bonds. The molecule has 0 radical (unpaired) electrons. The highest BCUT2D eigenvalue weighted by molar-refractivity contribution is 7.80. The van der Waals surface area contributed by atoms with Gasteiger partial charge >= 0.3 is 0 Å². The quantitative estimate of drug-likeness (QED) is 0.154. The van der Waals surface area contributed by atoms with Gasteiger partial charge in [0, 0.05) is 11.1 Å². The molecule has 9 heteroatoms. The maximum atomic E-state index is 12.5. The summed E-state index contributed by atoms with van der Waals surface area (Å²) in [6.07, 6.45) is 0. The number of hydrogen-bond donors (Lipinski definition) is 3. The fourth-order valence-corrected chi connectivity index (χ4v) is 3.64. The zero-order valence-corrected chi connectivity index (χ0v) is 21.8. The van der Waals surface area contributed by atoms with Crippen LogP contribution in [0.1, 0.15) is 10.4 Å². The Kier molecular flexibility index (Phi) is 9.85. The van der Waals surface area contributed by atoms with E-state index in [-0.39, 0.29) is 11.7 Å². The van der Waals surface area contributed by atoms with Gasteiger partial charge in [-0.25, -0.2) is 0 Å². The average molecular weight is 542 g/mol. The molecule has 0 aliphatic carbocycles. The number of ether oxygens (including phenoxy) is 3. The summed E-state index contributed by atoms with van der Waals surface area (Å²) < 4.78 is 16.9. The first-order valence-corrected chi connectivity index (χ1v) is 12.6. The number of carbonyl (C=O) groups excluding carboxylic acids is 2. The van der Waals surface area contributed by atoms with E-state index in [2.05, 4.69) is 16.2 Å². The number of nitrogens with one attached hydrogen (secondary N) is 3. The van der Waals surface area contributed by atoms with Crippen LogP contribution in [0.25, 0.3) is 11.1 Å². The van der Waals surface area contributed by atoms with Crippen molar-refractivity contribution >= 4 is 29.1 Å². The smallest absolute Gasteiger partial charge is 0.276 e. The van der Waals surface area contributed by atoms with Gasteiger partial charge in [0.1, 0.15) is 30.5 Å². The SMILES string of the molecule is O=C(COc1ccccc1-c1ccccc1)NNC(=S)NC(=O)c1ccc(OCCOc2ccccc2)cc1. The van der Waals surface area contributed by atoms with Crippen LogP contribution in [0.2, 0.25) is 0 Å². The first-order valence-electron chi connectivity index (χ1n) is 12.2. The lowest BCUT2D eigenvalue weighted by Crippen LogP contribution is -2.49. The third kappa shape index (κ3) is 8.58. The summed E-state index contributed by atoms with van der Waals surface area (Å²) in [6, 6.07) is 33.2. The van der Waals surface area contributed by atoms with Gasteiger partial charge in [-0.2, -0.15) is 0 Å². The molecule has 0 spiro atoms. The Labute approximate surface area is 231 Å². The molecule has 0 atom stereocenters. The van der Waals surface area contributed by atoms with Gasteiger partial charge in [-0.05, 0) is 60.2 Å². The summed E-state index contributed by atoms with van der Waals surface area (Å²) >= 11 is 5.11. The van der Waals surface area contributed by atoms with Crippen LogP contribution >= 0.6 is 12.2 Å². The summed E-state index contributed by atoms with van der Waals surface area (Å²) in [6.45, 7) is 0.503. The molecule has 198 valence electrons. The van der Waals surface area contributed by atoms with Crippen molar-refractivity contribution in [2.45, 2.75) is 0 Å². The van der Waals surface area contributed by atoms with Crippen LogP contribution in [0.5, 0.6) is 17.2 Å². The number of benzene rings is 4. The molecule has 0 unspecified atom stereocenters. The second-order valence-electron chi connectivity index (χ2n) is 8.14. The molecule has 3 N–H and O–H groups in total. The summed E-state index contributed by atoms with van der Waals surface area (Å²) in [7, 11) is 0. The number of thiocarbonyl (C=S) groups is 1. The number of amides is 2. The van der Waals surface area contributed by atoms with E-state index in [0.29, 0.717) is 30.3 Å². The van der Waals surface area contributed by atoms with Gasteiger partial charge in [-0.1, -0.05) is 66.7 Å². The highest BCUT2D eigenvalue weighted by Crippen LogP contribution is 2.29.